The predicted octanol–water partition coefficient (Wildman–Crippen LogP) is 2.69. The molecule has 1 rings (SSSR count). The summed E-state index contributed by atoms with van der Waals surface area (Å²) in [5, 5.41) is 3.41. The number of hydrogen-bond acceptors (Lipinski definition) is 4. The van der Waals surface area contributed by atoms with Gasteiger partial charge < -0.3 is 10.2 Å². The summed E-state index contributed by atoms with van der Waals surface area (Å²) in [5.41, 5.74) is 3.59. The quantitative estimate of drug-likeness (QED) is 0.760. The smallest absolute Gasteiger partial charge is 0.130 e. The normalized spacial score (nSPS) is 12.9. The molecule has 0 aliphatic rings. The molecule has 0 amide bonds. The Hall–Kier alpha value is -1.00. The van der Waals surface area contributed by atoms with Crippen LogP contribution in [0.3, 0.4) is 0 Å². The number of likely N-dealkylation sites (N-methyl/N-ethyl adjacent to an activating group) is 2. The van der Waals surface area contributed by atoms with Crippen LogP contribution in [0.4, 0.5) is 0 Å². The van der Waals surface area contributed by atoms with Crippen LogP contribution in [0.1, 0.15) is 56.4 Å². The van der Waals surface area contributed by atoms with Gasteiger partial charge in [0.15, 0.2) is 0 Å². The summed E-state index contributed by atoms with van der Waals surface area (Å²) in [5.74, 6) is 1.44. The van der Waals surface area contributed by atoms with Crippen LogP contribution in [0.25, 0.3) is 0 Å². The third-order valence-electron chi connectivity index (χ3n) is 4.11. The van der Waals surface area contributed by atoms with Gasteiger partial charge in [-0.15, -0.1) is 0 Å². The molecule has 0 radical (unpaired) electrons. The van der Waals surface area contributed by atoms with E-state index in [1.165, 1.54) is 5.56 Å². The third-order valence-corrected chi connectivity index (χ3v) is 4.11. The maximum Gasteiger partial charge on any atom is 0.130 e. The van der Waals surface area contributed by atoms with Gasteiger partial charge in [-0.3, -0.25) is 0 Å². The first kappa shape index (κ1) is 18.1. The number of nitrogens with one attached hydrogen (secondary N) is 1. The first-order valence-corrected chi connectivity index (χ1v) is 8.30. The molecule has 1 aromatic heterocycles. The zero-order chi connectivity index (χ0) is 15.8. The lowest BCUT2D eigenvalue weighted by molar-refractivity contribution is 0.305. The van der Waals surface area contributed by atoms with Gasteiger partial charge in [-0.05, 0) is 45.0 Å². The molecule has 0 aliphatic heterocycles. The molecule has 1 N–H and O–H groups in total. The van der Waals surface area contributed by atoms with Crippen molar-refractivity contribution >= 4 is 0 Å². The lowest BCUT2D eigenvalue weighted by Gasteiger charge is -2.19. The zero-order valence-electron chi connectivity index (χ0n) is 14.7. The number of aromatic nitrogens is 2. The highest BCUT2D eigenvalue weighted by Crippen LogP contribution is 2.21. The van der Waals surface area contributed by atoms with Gasteiger partial charge in [0, 0.05) is 30.9 Å². The summed E-state index contributed by atoms with van der Waals surface area (Å²) in [7, 11) is 0. The Morgan fingerprint density at radius 2 is 1.62 bits per heavy atom. The fourth-order valence-corrected chi connectivity index (χ4v) is 2.88. The molecule has 0 saturated carbocycles. The highest BCUT2D eigenvalue weighted by molar-refractivity contribution is 5.28. The second kappa shape index (κ2) is 9.11. The first-order valence-electron chi connectivity index (χ1n) is 8.30. The molecule has 4 heteroatoms. The van der Waals surface area contributed by atoms with Crippen molar-refractivity contribution < 1.29 is 0 Å². The van der Waals surface area contributed by atoms with Crippen molar-refractivity contribution in [1.82, 2.24) is 20.2 Å². The van der Waals surface area contributed by atoms with Crippen molar-refractivity contribution in [3.05, 3.63) is 22.8 Å². The van der Waals surface area contributed by atoms with Crippen molar-refractivity contribution in [2.75, 3.05) is 32.7 Å². The fraction of sp³-hybridized carbons (Fsp3) is 0.765. The molecule has 0 aromatic carbocycles. The lowest BCUT2D eigenvalue weighted by Crippen LogP contribution is -2.26. The van der Waals surface area contributed by atoms with Crippen molar-refractivity contribution in [3.8, 4) is 0 Å². The molecule has 21 heavy (non-hydrogen) atoms. The lowest BCUT2D eigenvalue weighted by atomic mass is 9.98. The summed E-state index contributed by atoms with van der Waals surface area (Å²) >= 11 is 0. The van der Waals surface area contributed by atoms with Gasteiger partial charge in [0.25, 0.3) is 0 Å². The van der Waals surface area contributed by atoms with Crippen LogP contribution in [0.15, 0.2) is 0 Å². The van der Waals surface area contributed by atoms with Gasteiger partial charge in [0.2, 0.25) is 0 Å². The van der Waals surface area contributed by atoms with Crippen LogP contribution in [-0.4, -0.2) is 47.6 Å². The van der Waals surface area contributed by atoms with Crippen molar-refractivity contribution in [2.45, 2.75) is 53.9 Å². The van der Waals surface area contributed by atoms with Crippen molar-refractivity contribution in [3.63, 3.8) is 0 Å². The maximum absolute atomic E-state index is 4.74. The predicted molar refractivity (Wildman–Crippen MR) is 90.0 cm³/mol. The van der Waals surface area contributed by atoms with Crippen molar-refractivity contribution in [1.29, 1.82) is 0 Å². The van der Waals surface area contributed by atoms with Gasteiger partial charge >= 0.3 is 0 Å². The van der Waals surface area contributed by atoms with E-state index in [1.807, 2.05) is 0 Å². The highest BCUT2D eigenvalue weighted by Gasteiger charge is 2.15. The van der Waals surface area contributed by atoms with Crippen LogP contribution < -0.4 is 5.32 Å². The molecule has 1 atom stereocenters. The van der Waals surface area contributed by atoms with Crippen LogP contribution in [0, 0.1) is 13.8 Å². The average molecular weight is 292 g/mol. The minimum atomic E-state index is 0.460. The van der Waals surface area contributed by atoms with Crippen LogP contribution in [0.2, 0.25) is 0 Å². The van der Waals surface area contributed by atoms with Gasteiger partial charge in [-0.25, -0.2) is 9.97 Å². The Kier molecular flexibility index (Phi) is 7.83. The molecular weight excluding hydrogens is 260 g/mol. The monoisotopic (exact) mass is 292 g/mol. The number of rotatable bonds is 9. The van der Waals surface area contributed by atoms with E-state index in [0.29, 0.717) is 5.92 Å². The molecule has 1 unspecified atom stereocenters. The topological polar surface area (TPSA) is 41.1 Å². The molecule has 0 aliphatic carbocycles. The standard InChI is InChI=1S/C17H32N4/c1-7-18-12-13(4)17-14(5)19-16(20-15(17)6)10-11-21(8-2)9-3/h13,18H,7-12H2,1-6H3. The molecule has 4 nitrogen and oxygen atoms in total. The van der Waals surface area contributed by atoms with E-state index in [-0.39, 0.29) is 0 Å². The molecule has 120 valence electrons. The van der Waals surface area contributed by atoms with Gasteiger partial charge in [-0.1, -0.05) is 27.7 Å². The van der Waals surface area contributed by atoms with E-state index >= 15 is 0 Å². The molecule has 0 spiro atoms. The fourth-order valence-electron chi connectivity index (χ4n) is 2.88. The van der Waals surface area contributed by atoms with E-state index < -0.39 is 0 Å². The van der Waals surface area contributed by atoms with Crippen molar-refractivity contribution in [2.24, 2.45) is 0 Å². The Labute approximate surface area is 130 Å². The van der Waals surface area contributed by atoms with Gasteiger partial charge in [0.1, 0.15) is 5.82 Å². The van der Waals surface area contributed by atoms with E-state index in [1.54, 1.807) is 0 Å². The summed E-state index contributed by atoms with van der Waals surface area (Å²) in [6, 6.07) is 0. The maximum atomic E-state index is 4.74. The minimum Gasteiger partial charge on any atom is -0.316 e. The Morgan fingerprint density at radius 3 is 2.10 bits per heavy atom. The molecule has 0 bridgehead atoms. The van der Waals surface area contributed by atoms with E-state index in [0.717, 1.165) is 56.4 Å². The molecular formula is C17H32N4. The summed E-state index contributed by atoms with van der Waals surface area (Å²) in [4.78, 5) is 11.9. The van der Waals surface area contributed by atoms with Gasteiger partial charge in [-0.2, -0.15) is 0 Å². The van der Waals surface area contributed by atoms with Crippen LogP contribution in [0.5, 0.6) is 0 Å². The SMILES string of the molecule is CCNCC(C)c1c(C)nc(CCN(CC)CC)nc1C. The highest BCUT2D eigenvalue weighted by atomic mass is 15.1. The number of hydrogen-bond donors (Lipinski definition) is 1. The number of aryl methyl sites for hydroxylation is 2. The van der Waals surface area contributed by atoms with E-state index in [4.69, 9.17) is 9.97 Å². The molecule has 1 aromatic rings. The summed E-state index contributed by atoms with van der Waals surface area (Å²) in [6.45, 7) is 18.2. The zero-order valence-corrected chi connectivity index (χ0v) is 14.7. The van der Waals surface area contributed by atoms with Crippen LogP contribution in [-0.2, 0) is 6.42 Å². The van der Waals surface area contributed by atoms with Gasteiger partial charge in [0.05, 0.1) is 0 Å². The third kappa shape index (κ3) is 5.36. The van der Waals surface area contributed by atoms with Crippen LogP contribution >= 0.6 is 0 Å². The Bertz CT molecular complexity index is 404. The Balaban J connectivity index is 2.79. The summed E-state index contributed by atoms with van der Waals surface area (Å²) < 4.78 is 0. The second-order valence-corrected chi connectivity index (χ2v) is 5.71. The summed E-state index contributed by atoms with van der Waals surface area (Å²) in [6.07, 6.45) is 0.936. The average Bonchev–Trinajstić information content (AvgIpc) is 2.45. The number of nitrogens with zero attached hydrogens (tertiary/aromatic N) is 3. The van der Waals surface area contributed by atoms with E-state index in [9.17, 15) is 0 Å². The van der Waals surface area contributed by atoms with E-state index in [2.05, 4.69) is 51.8 Å². The first-order chi connectivity index (χ1) is 10.0. The Morgan fingerprint density at radius 1 is 1.05 bits per heavy atom. The second-order valence-electron chi connectivity index (χ2n) is 5.71. The molecule has 1 heterocycles. The molecule has 0 fully saturated rings. The largest absolute Gasteiger partial charge is 0.316 e. The molecule has 0 saturated heterocycles. The minimum absolute atomic E-state index is 0.460.